The SMILES string of the molecule is COC(=O)c1ccccc1-n1cccc1C1C(c2ccccn2)NC(=S)N1c1ccccc1. The van der Waals surface area contributed by atoms with Crippen LogP contribution in [0.15, 0.2) is 97.3 Å². The van der Waals surface area contributed by atoms with Gasteiger partial charge in [-0.05, 0) is 60.7 Å². The van der Waals surface area contributed by atoms with E-state index in [1.165, 1.54) is 7.11 Å². The van der Waals surface area contributed by atoms with E-state index in [0.29, 0.717) is 10.7 Å². The van der Waals surface area contributed by atoms with Gasteiger partial charge in [-0.3, -0.25) is 4.98 Å². The van der Waals surface area contributed by atoms with Crippen LogP contribution < -0.4 is 10.2 Å². The van der Waals surface area contributed by atoms with E-state index in [4.69, 9.17) is 17.0 Å². The molecule has 1 saturated heterocycles. The molecule has 33 heavy (non-hydrogen) atoms. The summed E-state index contributed by atoms with van der Waals surface area (Å²) in [5.74, 6) is -0.383. The predicted octanol–water partition coefficient (Wildman–Crippen LogP) is 4.84. The number of aromatic nitrogens is 2. The van der Waals surface area contributed by atoms with Crippen molar-refractivity contribution in [3.63, 3.8) is 0 Å². The largest absolute Gasteiger partial charge is 0.465 e. The van der Waals surface area contributed by atoms with Crippen LogP contribution in [0, 0.1) is 0 Å². The molecule has 0 saturated carbocycles. The third-order valence-corrected chi connectivity index (χ3v) is 6.10. The quantitative estimate of drug-likeness (QED) is 0.344. The summed E-state index contributed by atoms with van der Waals surface area (Å²) in [6, 6.07) is 27.0. The number of methoxy groups -OCH3 is 1. The van der Waals surface area contributed by atoms with E-state index in [1.807, 2.05) is 83.6 Å². The first-order chi connectivity index (χ1) is 16.2. The lowest BCUT2D eigenvalue weighted by molar-refractivity contribution is 0.0600. The highest BCUT2D eigenvalue weighted by Crippen LogP contribution is 2.42. The van der Waals surface area contributed by atoms with Crippen LogP contribution in [-0.2, 0) is 4.74 Å². The van der Waals surface area contributed by atoms with Gasteiger partial charge < -0.3 is 19.5 Å². The molecule has 2 unspecified atom stereocenters. The van der Waals surface area contributed by atoms with E-state index >= 15 is 0 Å². The van der Waals surface area contributed by atoms with Gasteiger partial charge in [-0.2, -0.15) is 0 Å². The Morgan fingerprint density at radius 1 is 0.970 bits per heavy atom. The number of hydrogen-bond donors (Lipinski definition) is 1. The summed E-state index contributed by atoms with van der Waals surface area (Å²) in [5, 5.41) is 4.10. The number of carbonyl (C=O) groups is 1. The molecule has 0 amide bonds. The Morgan fingerprint density at radius 2 is 1.73 bits per heavy atom. The molecule has 6 nitrogen and oxygen atoms in total. The van der Waals surface area contributed by atoms with Crippen LogP contribution in [-0.4, -0.2) is 27.7 Å². The van der Waals surface area contributed by atoms with E-state index in [0.717, 1.165) is 22.8 Å². The lowest BCUT2D eigenvalue weighted by Crippen LogP contribution is -2.30. The van der Waals surface area contributed by atoms with Gasteiger partial charge in [0, 0.05) is 23.8 Å². The maximum Gasteiger partial charge on any atom is 0.339 e. The number of para-hydroxylation sites is 2. The normalized spacial score (nSPS) is 17.6. The number of esters is 1. The number of anilines is 1. The zero-order chi connectivity index (χ0) is 22.8. The summed E-state index contributed by atoms with van der Waals surface area (Å²) in [6.45, 7) is 0. The molecule has 0 bridgehead atoms. The lowest BCUT2D eigenvalue weighted by Gasteiger charge is -2.29. The second-order valence-corrected chi connectivity index (χ2v) is 8.03. The van der Waals surface area contributed by atoms with Crippen LogP contribution >= 0.6 is 12.2 Å². The van der Waals surface area contributed by atoms with Gasteiger partial charge >= 0.3 is 5.97 Å². The van der Waals surface area contributed by atoms with Crippen LogP contribution in [0.4, 0.5) is 5.69 Å². The Kier molecular flexibility index (Phi) is 5.62. The molecule has 4 aromatic rings. The van der Waals surface area contributed by atoms with Crippen molar-refractivity contribution < 1.29 is 9.53 Å². The molecule has 0 aliphatic carbocycles. The van der Waals surface area contributed by atoms with Crippen molar-refractivity contribution in [1.82, 2.24) is 14.9 Å². The molecular weight excluding hydrogens is 432 g/mol. The number of ether oxygens (including phenoxy) is 1. The Balaban J connectivity index is 1.69. The number of pyridine rings is 1. The van der Waals surface area contributed by atoms with Gasteiger partial charge in [0.05, 0.1) is 30.1 Å². The fourth-order valence-electron chi connectivity index (χ4n) is 4.34. The van der Waals surface area contributed by atoms with Crippen molar-refractivity contribution in [3.05, 3.63) is 114 Å². The van der Waals surface area contributed by atoms with Crippen LogP contribution in [0.2, 0.25) is 0 Å². The fraction of sp³-hybridized carbons (Fsp3) is 0.115. The maximum atomic E-state index is 12.5. The van der Waals surface area contributed by atoms with Crippen molar-refractivity contribution in [2.75, 3.05) is 12.0 Å². The molecular formula is C26H22N4O2S. The summed E-state index contributed by atoms with van der Waals surface area (Å²) in [6.07, 6.45) is 3.74. The fourth-order valence-corrected chi connectivity index (χ4v) is 4.69. The summed E-state index contributed by atoms with van der Waals surface area (Å²) >= 11 is 5.80. The molecule has 0 spiro atoms. The highest BCUT2D eigenvalue weighted by molar-refractivity contribution is 7.80. The second-order valence-electron chi connectivity index (χ2n) is 7.64. The maximum absolute atomic E-state index is 12.5. The van der Waals surface area contributed by atoms with E-state index in [1.54, 1.807) is 12.3 Å². The zero-order valence-corrected chi connectivity index (χ0v) is 18.8. The minimum Gasteiger partial charge on any atom is -0.465 e. The molecule has 1 fully saturated rings. The van der Waals surface area contributed by atoms with Gasteiger partial charge in [0.15, 0.2) is 5.11 Å². The van der Waals surface area contributed by atoms with Gasteiger partial charge in [-0.1, -0.05) is 36.4 Å². The minimum absolute atomic E-state index is 0.183. The number of nitrogens with zero attached hydrogens (tertiary/aromatic N) is 3. The van der Waals surface area contributed by atoms with Crippen LogP contribution in [0.3, 0.4) is 0 Å². The molecule has 1 aliphatic heterocycles. The second kappa shape index (κ2) is 8.88. The molecule has 164 valence electrons. The Hall–Kier alpha value is -3.97. The van der Waals surface area contributed by atoms with Gasteiger partial charge in [-0.25, -0.2) is 4.79 Å². The van der Waals surface area contributed by atoms with E-state index < -0.39 is 0 Å². The third kappa shape index (κ3) is 3.76. The van der Waals surface area contributed by atoms with Gasteiger partial charge in [-0.15, -0.1) is 0 Å². The zero-order valence-electron chi connectivity index (χ0n) is 18.0. The highest BCUT2D eigenvalue weighted by Gasteiger charge is 2.42. The third-order valence-electron chi connectivity index (χ3n) is 5.78. The number of benzene rings is 2. The van der Waals surface area contributed by atoms with Crippen LogP contribution in [0.5, 0.6) is 0 Å². The monoisotopic (exact) mass is 454 g/mol. The molecule has 0 radical (unpaired) electrons. The van der Waals surface area contributed by atoms with E-state index in [9.17, 15) is 4.79 Å². The number of rotatable bonds is 5. The van der Waals surface area contributed by atoms with E-state index in [2.05, 4.69) is 21.3 Å². The first kappa shape index (κ1) is 20.9. The Bertz CT molecular complexity index is 1290. The number of hydrogen-bond acceptors (Lipinski definition) is 4. The van der Waals surface area contributed by atoms with Gasteiger partial charge in [0.1, 0.15) is 6.04 Å². The highest BCUT2D eigenvalue weighted by atomic mass is 32.1. The molecule has 2 atom stereocenters. The van der Waals surface area contributed by atoms with Gasteiger partial charge in [0.25, 0.3) is 0 Å². The summed E-state index contributed by atoms with van der Waals surface area (Å²) in [7, 11) is 1.39. The van der Waals surface area contributed by atoms with Crippen molar-refractivity contribution in [2.24, 2.45) is 0 Å². The number of nitrogens with one attached hydrogen (secondary N) is 1. The van der Waals surface area contributed by atoms with Crippen molar-refractivity contribution >= 4 is 29.0 Å². The number of thiocarbonyl (C=S) groups is 1. The molecule has 1 N–H and O–H groups in total. The van der Waals surface area contributed by atoms with Crippen molar-refractivity contribution in [1.29, 1.82) is 0 Å². The molecule has 2 aromatic heterocycles. The van der Waals surface area contributed by atoms with Crippen LogP contribution in [0.1, 0.15) is 33.8 Å². The lowest BCUT2D eigenvalue weighted by atomic mass is 10.0. The van der Waals surface area contributed by atoms with Crippen LogP contribution in [0.25, 0.3) is 5.69 Å². The van der Waals surface area contributed by atoms with E-state index in [-0.39, 0.29) is 18.1 Å². The minimum atomic E-state index is -0.383. The average Bonchev–Trinajstić information content (AvgIpc) is 3.48. The summed E-state index contributed by atoms with van der Waals surface area (Å²) < 4.78 is 7.06. The predicted molar refractivity (Wildman–Crippen MR) is 131 cm³/mol. The summed E-state index contributed by atoms with van der Waals surface area (Å²) in [5.41, 5.74) is 4.07. The summed E-state index contributed by atoms with van der Waals surface area (Å²) in [4.78, 5) is 19.2. The standard InChI is InChI=1S/C26H22N4O2S/c1-32-25(31)19-12-5-6-14-21(19)29-17-9-15-22(29)24-23(20-13-7-8-16-27-20)28-26(33)30(24)18-10-3-2-4-11-18/h2-17,23-24H,1H3,(H,28,33). The van der Waals surface area contributed by atoms with Crippen molar-refractivity contribution in [2.45, 2.75) is 12.1 Å². The van der Waals surface area contributed by atoms with Gasteiger partial charge in [0.2, 0.25) is 0 Å². The molecule has 3 heterocycles. The molecule has 7 heteroatoms. The molecule has 2 aromatic carbocycles. The Labute approximate surface area is 197 Å². The molecule has 5 rings (SSSR count). The Morgan fingerprint density at radius 3 is 2.48 bits per heavy atom. The topological polar surface area (TPSA) is 59.4 Å². The van der Waals surface area contributed by atoms with Crippen molar-refractivity contribution in [3.8, 4) is 5.69 Å². The average molecular weight is 455 g/mol. The number of carbonyl (C=O) groups excluding carboxylic acids is 1. The first-order valence-corrected chi connectivity index (χ1v) is 11.0. The molecule has 1 aliphatic rings. The first-order valence-electron chi connectivity index (χ1n) is 10.6. The smallest absolute Gasteiger partial charge is 0.339 e.